The third-order valence-electron chi connectivity index (χ3n) is 7.58. The van der Waals surface area contributed by atoms with Crippen LogP contribution in [-0.4, -0.2) is 30.9 Å². The molecule has 0 aliphatic rings. The number of allylic oxidation sites excluding steroid dienone is 2. The van der Waals surface area contributed by atoms with Crippen LogP contribution >= 0.6 is 8.03 Å². The molecule has 2 unspecified atom stereocenters. The Labute approximate surface area is 215 Å². The normalized spacial score (nSPS) is 14.6. The van der Waals surface area contributed by atoms with Crippen molar-refractivity contribution >= 4 is 8.03 Å². The third kappa shape index (κ3) is 16.4. The van der Waals surface area contributed by atoms with E-state index in [1.54, 1.807) is 0 Å². The first-order valence-corrected chi connectivity index (χ1v) is 16.1. The molecule has 0 radical (unpaired) electrons. The predicted octanol–water partition coefficient (Wildman–Crippen LogP) is 9.67. The van der Waals surface area contributed by atoms with Crippen molar-refractivity contribution in [1.82, 2.24) is 0 Å². The zero-order valence-corrected chi connectivity index (χ0v) is 24.8. The van der Waals surface area contributed by atoms with Gasteiger partial charge in [-0.15, -0.1) is 0 Å². The summed E-state index contributed by atoms with van der Waals surface area (Å²) in [5, 5.41) is -0.589. The number of nitrogens with zero attached hydrogens (tertiary/aromatic N) is 1. The Kier molecular flexibility index (Phi) is 21.8. The van der Waals surface area contributed by atoms with Gasteiger partial charge in [0.05, 0.1) is 21.1 Å². The van der Waals surface area contributed by atoms with Crippen molar-refractivity contribution in [2.45, 2.75) is 160 Å². The van der Waals surface area contributed by atoms with Gasteiger partial charge in [-0.3, -0.25) is 4.48 Å². The maximum atomic E-state index is 12.1. The molecule has 0 aliphatic heterocycles. The van der Waals surface area contributed by atoms with Crippen molar-refractivity contribution in [3.05, 3.63) is 12.2 Å². The first-order valence-electron chi connectivity index (χ1n) is 14.9. The zero-order chi connectivity index (χ0) is 25.5. The molecule has 2 atom stereocenters. The van der Waals surface area contributed by atoms with Crippen LogP contribution in [0.25, 0.3) is 0 Å². The molecule has 34 heavy (non-hydrogen) atoms. The fourth-order valence-corrected chi connectivity index (χ4v) is 6.40. The maximum Gasteiger partial charge on any atom is 0.376 e. The van der Waals surface area contributed by atoms with Gasteiger partial charge < -0.3 is 4.89 Å². The minimum absolute atomic E-state index is 0.523. The van der Waals surface area contributed by atoms with Gasteiger partial charge in [0.15, 0.2) is 0 Å². The topological polar surface area (TPSA) is 40.1 Å². The van der Waals surface area contributed by atoms with Crippen LogP contribution < -0.4 is 4.89 Å². The van der Waals surface area contributed by atoms with Gasteiger partial charge in [0.2, 0.25) is 0 Å². The van der Waals surface area contributed by atoms with Crippen molar-refractivity contribution in [3.63, 3.8) is 0 Å². The largest absolute Gasteiger partial charge is 0.590 e. The van der Waals surface area contributed by atoms with E-state index in [1.807, 2.05) is 21.1 Å². The minimum atomic E-state index is -2.42. The summed E-state index contributed by atoms with van der Waals surface area (Å²) in [7, 11) is 3.69. The van der Waals surface area contributed by atoms with Gasteiger partial charge in [-0.1, -0.05) is 120 Å². The first kappa shape index (κ1) is 33.8. The summed E-state index contributed by atoms with van der Waals surface area (Å²) in [5.74, 6) is 0. The van der Waals surface area contributed by atoms with Crippen LogP contribution in [-0.2, 0) is 4.57 Å². The second-order valence-electron chi connectivity index (χ2n) is 11.5. The fraction of sp³-hybridized carbons (Fsp3) is 0.933. The van der Waals surface area contributed by atoms with Crippen molar-refractivity contribution < 1.29 is 13.9 Å². The highest BCUT2D eigenvalue weighted by molar-refractivity contribution is 7.38. The van der Waals surface area contributed by atoms with Crippen LogP contribution in [0.4, 0.5) is 0 Å². The smallest absolute Gasteiger partial charge is 0.376 e. The lowest BCUT2D eigenvalue weighted by Crippen LogP contribution is -2.55. The van der Waals surface area contributed by atoms with Crippen LogP contribution in [0.3, 0.4) is 0 Å². The Bertz CT molecular complexity index is 501. The second-order valence-corrected chi connectivity index (χ2v) is 12.8. The van der Waals surface area contributed by atoms with Crippen molar-refractivity contribution in [2.75, 3.05) is 21.1 Å². The van der Waals surface area contributed by atoms with Crippen molar-refractivity contribution in [1.29, 1.82) is 0 Å². The Morgan fingerprint density at radius 3 is 1.32 bits per heavy atom. The molecule has 0 aromatic rings. The number of quaternary nitrogens is 1. The highest BCUT2D eigenvalue weighted by Gasteiger charge is 2.53. The van der Waals surface area contributed by atoms with E-state index in [-0.39, 0.29) is 0 Å². The van der Waals surface area contributed by atoms with Crippen LogP contribution in [0, 0.1) is 0 Å². The van der Waals surface area contributed by atoms with E-state index in [1.165, 1.54) is 116 Å². The Balaban J connectivity index is 3.55. The molecule has 202 valence electrons. The molecule has 3 nitrogen and oxygen atoms in total. The quantitative estimate of drug-likeness (QED) is 0.0544. The van der Waals surface area contributed by atoms with E-state index in [4.69, 9.17) is 0 Å². The lowest BCUT2D eigenvalue weighted by Gasteiger charge is -2.39. The van der Waals surface area contributed by atoms with Gasteiger partial charge >= 0.3 is 8.03 Å². The molecule has 0 aromatic carbocycles. The molecular formula is C30H61NO2P+. The summed E-state index contributed by atoms with van der Waals surface area (Å²) in [5.41, 5.74) is 0. The summed E-state index contributed by atoms with van der Waals surface area (Å²) < 4.78 is 12.6. The molecule has 0 heterocycles. The lowest BCUT2D eigenvalue weighted by molar-refractivity contribution is -0.910. The van der Waals surface area contributed by atoms with Gasteiger partial charge in [-0.05, 0) is 38.5 Å². The van der Waals surface area contributed by atoms with E-state index >= 15 is 0 Å². The SMILES string of the molecule is CCCCCCCC=CCCCCCCCCCCCCCCC(CCC)([P+](=O)[O-])[N+](C)(C)C. The monoisotopic (exact) mass is 498 g/mol. The molecular weight excluding hydrogens is 437 g/mol. The molecule has 0 saturated heterocycles. The number of hydrogen-bond donors (Lipinski definition) is 0. The molecule has 0 rings (SSSR count). The average molecular weight is 499 g/mol. The van der Waals surface area contributed by atoms with E-state index in [0.29, 0.717) is 4.48 Å². The van der Waals surface area contributed by atoms with Gasteiger partial charge in [-0.25, -0.2) is 0 Å². The molecule has 0 N–H and O–H groups in total. The number of unbranched alkanes of at least 4 members (excludes halogenated alkanes) is 17. The molecule has 4 heteroatoms. The molecule has 0 spiro atoms. The summed E-state index contributed by atoms with van der Waals surface area (Å²) in [6.45, 7) is 4.37. The molecule has 0 saturated carbocycles. The van der Waals surface area contributed by atoms with Crippen LogP contribution in [0.5, 0.6) is 0 Å². The van der Waals surface area contributed by atoms with Crippen LogP contribution in [0.15, 0.2) is 12.2 Å². The van der Waals surface area contributed by atoms with Gasteiger partial charge in [0.25, 0.3) is 5.28 Å². The minimum Gasteiger partial charge on any atom is -0.590 e. The standard InChI is InChI=1S/C30H61NO2P/c1-6-8-9-10-11-12-13-14-15-16-17-18-19-20-21-22-23-24-25-26-27-29-30(28-7-2,34(32)33)31(3,4)5/h13-14H,6-12,15-29H2,1-5H3/q+1. The summed E-state index contributed by atoms with van der Waals surface area (Å²) in [6, 6.07) is 0. The molecule has 0 amide bonds. The molecule has 0 bridgehead atoms. The Hall–Kier alpha value is -0.240. The third-order valence-corrected chi connectivity index (χ3v) is 9.30. The van der Waals surface area contributed by atoms with E-state index in [9.17, 15) is 9.46 Å². The predicted molar refractivity (Wildman–Crippen MR) is 150 cm³/mol. The van der Waals surface area contributed by atoms with E-state index < -0.39 is 13.3 Å². The lowest BCUT2D eigenvalue weighted by atomic mass is 9.99. The summed E-state index contributed by atoms with van der Waals surface area (Å²) in [6.07, 6.45) is 32.6. The molecule has 0 aliphatic carbocycles. The maximum absolute atomic E-state index is 12.1. The summed E-state index contributed by atoms with van der Waals surface area (Å²) in [4.78, 5) is 12.1. The van der Waals surface area contributed by atoms with Gasteiger partial charge in [-0.2, -0.15) is 0 Å². The molecule has 0 aromatic heterocycles. The highest BCUT2D eigenvalue weighted by Crippen LogP contribution is 2.45. The van der Waals surface area contributed by atoms with Gasteiger partial charge in [0.1, 0.15) is 0 Å². The second kappa shape index (κ2) is 22.0. The highest BCUT2D eigenvalue weighted by atomic mass is 31.1. The number of rotatable bonds is 25. The molecule has 0 fully saturated rings. The van der Waals surface area contributed by atoms with Crippen molar-refractivity contribution in [2.24, 2.45) is 0 Å². The first-order chi connectivity index (χ1) is 16.3. The van der Waals surface area contributed by atoms with E-state index in [0.717, 1.165) is 25.7 Å². The van der Waals surface area contributed by atoms with Crippen LogP contribution in [0.2, 0.25) is 0 Å². The van der Waals surface area contributed by atoms with E-state index in [2.05, 4.69) is 26.0 Å². The summed E-state index contributed by atoms with van der Waals surface area (Å²) >= 11 is 0. The van der Waals surface area contributed by atoms with Gasteiger partial charge in [0, 0.05) is 12.8 Å². The Morgan fingerprint density at radius 2 is 0.971 bits per heavy atom. The fourth-order valence-electron chi connectivity index (χ4n) is 5.16. The number of hydrogen-bond acceptors (Lipinski definition) is 2. The Morgan fingerprint density at radius 1 is 0.588 bits per heavy atom. The van der Waals surface area contributed by atoms with Crippen molar-refractivity contribution in [3.8, 4) is 0 Å². The average Bonchev–Trinajstić information content (AvgIpc) is 2.78. The van der Waals surface area contributed by atoms with Crippen LogP contribution in [0.1, 0.15) is 155 Å². The zero-order valence-electron chi connectivity index (χ0n) is 23.9.